The molecule has 18 heavy (non-hydrogen) atoms. The Hall–Kier alpha value is -0.570. The van der Waals surface area contributed by atoms with E-state index >= 15 is 0 Å². The predicted molar refractivity (Wildman–Crippen MR) is 76.6 cm³/mol. The monoisotopic (exact) mass is 257 g/mol. The Bertz CT molecular complexity index is 231. The van der Waals surface area contributed by atoms with Crippen molar-refractivity contribution in [1.82, 2.24) is 4.90 Å². The standard InChI is InChI=1S/C13H25NO2.C2H6/c1-5-10(3)14-9-11(6-2)7-8-12(14)13(15)16-4;1-2/h10-12H,5-9H2,1-4H3;1-2H3. The van der Waals surface area contributed by atoms with Gasteiger partial charge in [0.1, 0.15) is 6.04 Å². The fourth-order valence-corrected chi connectivity index (χ4v) is 2.52. The Balaban J connectivity index is 0.00000137. The van der Waals surface area contributed by atoms with Crippen molar-refractivity contribution in [3.63, 3.8) is 0 Å². The first-order valence-electron chi connectivity index (χ1n) is 7.47. The molecule has 1 aliphatic heterocycles. The van der Waals surface area contributed by atoms with Crippen molar-refractivity contribution in [1.29, 1.82) is 0 Å². The van der Waals surface area contributed by atoms with Crippen LogP contribution in [0.4, 0.5) is 0 Å². The summed E-state index contributed by atoms with van der Waals surface area (Å²) in [5.74, 6) is 0.685. The lowest BCUT2D eigenvalue weighted by molar-refractivity contribution is -0.150. The maximum absolute atomic E-state index is 11.7. The summed E-state index contributed by atoms with van der Waals surface area (Å²) in [6.07, 6.45) is 4.41. The second kappa shape index (κ2) is 9.37. The first-order valence-corrected chi connectivity index (χ1v) is 7.47. The highest BCUT2D eigenvalue weighted by Crippen LogP contribution is 2.27. The van der Waals surface area contributed by atoms with E-state index < -0.39 is 0 Å². The molecule has 1 aliphatic rings. The molecule has 1 fully saturated rings. The molecule has 3 unspecified atom stereocenters. The van der Waals surface area contributed by atoms with E-state index in [0.29, 0.717) is 6.04 Å². The van der Waals surface area contributed by atoms with Gasteiger partial charge in [-0.2, -0.15) is 0 Å². The smallest absolute Gasteiger partial charge is 0.323 e. The number of methoxy groups -OCH3 is 1. The van der Waals surface area contributed by atoms with Crippen LogP contribution >= 0.6 is 0 Å². The van der Waals surface area contributed by atoms with Gasteiger partial charge in [-0.15, -0.1) is 0 Å². The molecule has 0 N–H and O–H groups in total. The van der Waals surface area contributed by atoms with Crippen LogP contribution in [0.15, 0.2) is 0 Å². The van der Waals surface area contributed by atoms with E-state index in [0.717, 1.165) is 31.7 Å². The molecule has 0 amide bonds. The van der Waals surface area contributed by atoms with Crippen LogP contribution in [0.25, 0.3) is 0 Å². The van der Waals surface area contributed by atoms with Gasteiger partial charge in [0.05, 0.1) is 7.11 Å². The molecule has 1 saturated heterocycles. The van der Waals surface area contributed by atoms with Crippen LogP contribution in [0.1, 0.15) is 60.3 Å². The summed E-state index contributed by atoms with van der Waals surface area (Å²) in [6.45, 7) is 11.7. The average molecular weight is 257 g/mol. The lowest BCUT2D eigenvalue weighted by Gasteiger charge is -2.41. The highest BCUT2D eigenvalue weighted by Gasteiger charge is 2.34. The summed E-state index contributed by atoms with van der Waals surface area (Å²) in [6, 6.07) is 0.459. The van der Waals surface area contributed by atoms with Crippen LogP contribution in [0.3, 0.4) is 0 Å². The highest BCUT2D eigenvalue weighted by molar-refractivity contribution is 5.75. The van der Waals surface area contributed by atoms with E-state index in [1.807, 2.05) is 13.8 Å². The van der Waals surface area contributed by atoms with Crippen LogP contribution in [0, 0.1) is 5.92 Å². The molecule has 0 aliphatic carbocycles. The molecule has 3 atom stereocenters. The number of nitrogens with zero attached hydrogens (tertiary/aromatic N) is 1. The Kier molecular flexibility index (Phi) is 9.08. The van der Waals surface area contributed by atoms with E-state index in [1.54, 1.807) is 0 Å². The average Bonchev–Trinajstić information content (AvgIpc) is 2.46. The van der Waals surface area contributed by atoms with Crippen LogP contribution in [0.5, 0.6) is 0 Å². The molecular formula is C15H31NO2. The number of carbonyl (C=O) groups is 1. The number of rotatable bonds is 4. The van der Waals surface area contributed by atoms with Crippen molar-refractivity contribution in [2.45, 2.75) is 72.4 Å². The van der Waals surface area contributed by atoms with Crippen molar-refractivity contribution in [3.8, 4) is 0 Å². The van der Waals surface area contributed by atoms with E-state index in [9.17, 15) is 4.79 Å². The Labute approximate surface area is 113 Å². The van der Waals surface area contributed by atoms with Gasteiger partial charge >= 0.3 is 5.97 Å². The van der Waals surface area contributed by atoms with Crippen LogP contribution < -0.4 is 0 Å². The fraction of sp³-hybridized carbons (Fsp3) is 0.933. The number of esters is 1. The Morgan fingerprint density at radius 1 is 1.33 bits per heavy atom. The molecule has 0 saturated carbocycles. The molecule has 108 valence electrons. The summed E-state index contributed by atoms with van der Waals surface area (Å²) < 4.78 is 4.90. The van der Waals surface area contributed by atoms with E-state index in [1.165, 1.54) is 13.5 Å². The molecule has 0 bridgehead atoms. The normalized spacial score (nSPS) is 25.9. The molecule has 1 heterocycles. The SMILES string of the molecule is CC.CCC1CCC(C(=O)OC)N(C(C)CC)C1. The Morgan fingerprint density at radius 3 is 2.39 bits per heavy atom. The summed E-state index contributed by atoms with van der Waals surface area (Å²) in [7, 11) is 1.49. The molecule has 0 aromatic carbocycles. The highest BCUT2D eigenvalue weighted by atomic mass is 16.5. The van der Waals surface area contributed by atoms with E-state index in [4.69, 9.17) is 4.74 Å². The van der Waals surface area contributed by atoms with Gasteiger partial charge < -0.3 is 4.74 Å². The summed E-state index contributed by atoms with van der Waals surface area (Å²) in [5, 5.41) is 0. The van der Waals surface area contributed by atoms with Gasteiger partial charge in [0, 0.05) is 12.6 Å². The third kappa shape index (κ3) is 4.60. The van der Waals surface area contributed by atoms with Crippen LogP contribution in [0.2, 0.25) is 0 Å². The lowest BCUT2D eigenvalue weighted by atomic mass is 9.89. The third-order valence-electron chi connectivity index (χ3n) is 3.93. The van der Waals surface area contributed by atoms with Gasteiger partial charge in [0.2, 0.25) is 0 Å². The first kappa shape index (κ1) is 17.4. The largest absolute Gasteiger partial charge is 0.468 e. The van der Waals surface area contributed by atoms with E-state index in [-0.39, 0.29) is 12.0 Å². The third-order valence-corrected chi connectivity index (χ3v) is 3.93. The number of piperidine rings is 1. The predicted octanol–water partition coefficient (Wildman–Crippen LogP) is 3.47. The van der Waals surface area contributed by atoms with Crippen molar-refractivity contribution in [2.75, 3.05) is 13.7 Å². The van der Waals surface area contributed by atoms with Crippen LogP contribution in [-0.2, 0) is 9.53 Å². The number of ether oxygens (including phenoxy) is 1. The molecule has 3 nitrogen and oxygen atoms in total. The van der Waals surface area contributed by atoms with Gasteiger partial charge in [-0.3, -0.25) is 9.69 Å². The maximum Gasteiger partial charge on any atom is 0.323 e. The zero-order valence-corrected chi connectivity index (χ0v) is 13.0. The minimum Gasteiger partial charge on any atom is -0.468 e. The molecule has 1 rings (SSSR count). The molecule has 0 spiro atoms. The van der Waals surface area contributed by atoms with Gasteiger partial charge in [-0.25, -0.2) is 0 Å². The second-order valence-electron chi connectivity index (χ2n) is 4.84. The van der Waals surface area contributed by atoms with Crippen molar-refractivity contribution in [3.05, 3.63) is 0 Å². The topological polar surface area (TPSA) is 29.5 Å². The Morgan fingerprint density at radius 2 is 1.94 bits per heavy atom. The number of hydrogen-bond acceptors (Lipinski definition) is 3. The molecule has 3 heteroatoms. The number of hydrogen-bond donors (Lipinski definition) is 0. The van der Waals surface area contributed by atoms with Crippen LogP contribution in [-0.4, -0.2) is 36.6 Å². The van der Waals surface area contributed by atoms with Crippen molar-refractivity contribution >= 4 is 5.97 Å². The minimum absolute atomic E-state index is 0.0113. The lowest BCUT2D eigenvalue weighted by Crippen LogP contribution is -2.51. The molecule has 0 aromatic heterocycles. The summed E-state index contributed by atoms with van der Waals surface area (Å²) >= 11 is 0. The number of carbonyl (C=O) groups excluding carboxylic acids is 1. The molecule has 0 aromatic rings. The summed E-state index contributed by atoms with van der Waals surface area (Å²) in [5.41, 5.74) is 0. The maximum atomic E-state index is 11.7. The van der Waals surface area contributed by atoms with Crippen molar-refractivity contribution in [2.24, 2.45) is 5.92 Å². The zero-order valence-electron chi connectivity index (χ0n) is 13.0. The first-order chi connectivity index (χ1) is 8.63. The zero-order chi connectivity index (χ0) is 14.1. The van der Waals surface area contributed by atoms with Crippen molar-refractivity contribution < 1.29 is 9.53 Å². The minimum atomic E-state index is -0.0603. The van der Waals surface area contributed by atoms with Gasteiger partial charge in [0.25, 0.3) is 0 Å². The summed E-state index contributed by atoms with van der Waals surface area (Å²) in [4.78, 5) is 14.1. The quantitative estimate of drug-likeness (QED) is 0.722. The van der Waals surface area contributed by atoms with E-state index in [2.05, 4.69) is 25.7 Å². The van der Waals surface area contributed by atoms with Gasteiger partial charge in [0.15, 0.2) is 0 Å². The fourth-order valence-electron chi connectivity index (χ4n) is 2.52. The molecule has 0 radical (unpaired) electrons. The number of likely N-dealkylation sites (tertiary alicyclic amines) is 1. The van der Waals surface area contributed by atoms with Gasteiger partial charge in [-0.1, -0.05) is 34.1 Å². The second-order valence-corrected chi connectivity index (χ2v) is 4.84. The molecular weight excluding hydrogens is 226 g/mol. The van der Waals surface area contributed by atoms with Gasteiger partial charge in [-0.05, 0) is 32.1 Å².